The second-order valence-corrected chi connectivity index (χ2v) is 6.76. The highest BCUT2D eigenvalue weighted by atomic mass is 16.1. The smallest absolute Gasteiger partial charge is 0.265 e. The number of benzene rings is 2. The monoisotopic (exact) mass is 366 g/mol. The number of hydrogen-bond donors (Lipinski definition) is 1. The van der Waals surface area contributed by atoms with Crippen LogP contribution in [-0.2, 0) is 6.42 Å². The highest BCUT2D eigenvalue weighted by Crippen LogP contribution is 2.31. The maximum absolute atomic E-state index is 12.2. The Hall–Kier alpha value is -3.71. The number of nitrogens with one attached hydrogen (secondary N) is 1. The quantitative estimate of drug-likeness (QED) is 0.685. The topological polar surface area (TPSA) is 59.1 Å². The van der Waals surface area contributed by atoms with Crippen LogP contribution in [0.5, 0.6) is 0 Å². The van der Waals surface area contributed by atoms with Gasteiger partial charge in [0.05, 0.1) is 6.20 Å². The van der Waals surface area contributed by atoms with Crippen LogP contribution in [0.2, 0.25) is 0 Å². The molecule has 1 heterocycles. The highest BCUT2D eigenvalue weighted by Gasteiger charge is 2.14. The minimum Gasteiger partial charge on any atom is -0.321 e. The molecule has 4 heteroatoms. The van der Waals surface area contributed by atoms with Crippen LogP contribution in [-0.4, -0.2) is 16.7 Å². The van der Waals surface area contributed by atoms with Gasteiger partial charge in [0.25, 0.3) is 5.91 Å². The zero-order chi connectivity index (χ0) is 19.5. The minimum atomic E-state index is -0.264. The van der Waals surface area contributed by atoms with Gasteiger partial charge in [0.15, 0.2) is 5.78 Å². The second kappa shape index (κ2) is 7.50. The first-order valence-corrected chi connectivity index (χ1v) is 9.10. The molecule has 0 unspecified atom stereocenters. The molecule has 1 aliphatic carbocycles. The van der Waals surface area contributed by atoms with Crippen molar-refractivity contribution >= 4 is 29.0 Å². The number of hydrogen-bond acceptors (Lipinski definition) is 3. The Kier molecular flexibility index (Phi) is 4.74. The number of aromatic nitrogens is 1. The summed E-state index contributed by atoms with van der Waals surface area (Å²) in [6, 6.07) is 19.1. The number of aryl methyl sites for hydroxylation is 1. The Balaban J connectivity index is 1.53. The molecule has 0 saturated heterocycles. The van der Waals surface area contributed by atoms with Gasteiger partial charge in [-0.05, 0) is 66.3 Å². The molecule has 0 aliphatic heterocycles. The predicted molar refractivity (Wildman–Crippen MR) is 109 cm³/mol. The van der Waals surface area contributed by atoms with Crippen LogP contribution in [0.25, 0.3) is 11.6 Å². The summed E-state index contributed by atoms with van der Waals surface area (Å²) in [6.07, 6.45) is 6.96. The van der Waals surface area contributed by atoms with Crippen molar-refractivity contribution < 1.29 is 9.59 Å². The summed E-state index contributed by atoms with van der Waals surface area (Å²) in [5, 5.41) is 2.84. The molecule has 4 nitrogen and oxygen atoms in total. The molecule has 0 fully saturated rings. The molecule has 2 aromatic carbocycles. The maximum atomic E-state index is 12.2. The third kappa shape index (κ3) is 3.70. The summed E-state index contributed by atoms with van der Waals surface area (Å²) >= 11 is 0. The molecule has 1 amide bonds. The SMILES string of the molecule is CC(=O)c1ccc2c(c1)C=C(c1ccc(NC(=O)c3c#ccnc3)cc1)CC2. The van der Waals surface area contributed by atoms with E-state index < -0.39 is 0 Å². The van der Waals surface area contributed by atoms with E-state index in [1.54, 1.807) is 6.92 Å². The normalized spacial score (nSPS) is 12.4. The van der Waals surface area contributed by atoms with Gasteiger partial charge in [-0.15, -0.1) is 0 Å². The summed E-state index contributed by atoms with van der Waals surface area (Å²) in [5.74, 6) is -0.188. The number of amides is 1. The van der Waals surface area contributed by atoms with Crippen molar-refractivity contribution in [1.82, 2.24) is 4.98 Å². The molecule has 0 atom stereocenters. The van der Waals surface area contributed by atoms with E-state index in [1.807, 2.05) is 42.5 Å². The van der Waals surface area contributed by atoms with E-state index in [1.165, 1.54) is 23.5 Å². The van der Waals surface area contributed by atoms with Gasteiger partial charge in [0.1, 0.15) is 5.56 Å². The number of ketones is 1. The van der Waals surface area contributed by atoms with E-state index in [-0.39, 0.29) is 11.7 Å². The van der Waals surface area contributed by atoms with Crippen LogP contribution in [0, 0.1) is 12.1 Å². The van der Waals surface area contributed by atoms with Crippen LogP contribution in [0.4, 0.5) is 5.69 Å². The summed E-state index contributed by atoms with van der Waals surface area (Å²) in [6.45, 7) is 1.59. The van der Waals surface area contributed by atoms with Crippen molar-refractivity contribution in [3.05, 3.63) is 94.8 Å². The summed E-state index contributed by atoms with van der Waals surface area (Å²) in [7, 11) is 0. The first-order valence-electron chi connectivity index (χ1n) is 9.10. The van der Waals surface area contributed by atoms with Gasteiger partial charge in [-0.1, -0.05) is 36.4 Å². The average Bonchev–Trinajstić information content (AvgIpc) is 2.74. The molecular formula is C24H18N2O2. The molecule has 0 spiro atoms. The Labute approximate surface area is 163 Å². The number of anilines is 1. The molecule has 1 aliphatic rings. The Bertz CT molecular complexity index is 1070. The number of Topliss-reactive ketones (excluding diaryl/α,β-unsaturated/α-hetero) is 1. The summed E-state index contributed by atoms with van der Waals surface area (Å²) < 4.78 is 0. The number of nitrogens with zero attached hydrogens (tertiary/aromatic N) is 1. The van der Waals surface area contributed by atoms with Gasteiger partial charge in [-0.2, -0.15) is 0 Å². The Morgan fingerprint density at radius 2 is 1.89 bits per heavy atom. The van der Waals surface area contributed by atoms with Gasteiger partial charge < -0.3 is 5.32 Å². The fourth-order valence-electron chi connectivity index (χ4n) is 3.31. The minimum absolute atomic E-state index is 0.0758. The zero-order valence-corrected chi connectivity index (χ0v) is 15.5. The largest absolute Gasteiger partial charge is 0.321 e. The molecule has 0 bridgehead atoms. The first kappa shape index (κ1) is 17.7. The number of allylic oxidation sites excluding steroid dienone is 1. The van der Waals surface area contributed by atoms with Crippen molar-refractivity contribution in [1.29, 1.82) is 0 Å². The average molecular weight is 366 g/mol. The van der Waals surface area contributed by atoms with Gasteiger partial charge in [0, 0.05) is 17.4 Å². The molecule has 0 saturated carbocycles. The molecule has 1 aromatic heterocycles. The zero-order valence-electron chi connectivity index (χ0n) is 15.5. The molecule has 0 radical (unpaired) electrons. The maximum Gasteiger partial charge on any atom is 0.265 e. The second-order valence-electron chi connectivity index (χ2n) is 6.76. The lowest BCUT2D eigenvalue weighted by molar-refractivity contribution is 0.101. The lowest BCUT2D eigenvalue weighted by atomic mass is 9.87. The lowest BCUT2D eigenvalue weighted by Gasteiger charge is -2.18. The van der Waals surface area contributed by atoms with E-state index >= 15 is 0 Å². The van der Waals surface area contributed by atoms with Crippen molar-refractivity contribution in [2.75, 3.05) is 5.32 Å². The van der Waals surface area contributed by atoms with E-state index in [9.17, 15) is 9.59 Å². The number of fused-ring (bicyclic) bond motifs is 1. The third-order valence-corrected chi connectivity index (χ3v) is 4.85. The fourth-order valence-corrected chi connectivity index (χ4v) is 3.31. The van der Waals surface area contributed by atoms with Crippen molar-refractivity contribution in [2.45, 2.75) is 19.8 Å². The van der Waals surface area contributed by atoms with Crippen LogP contribution >= 0.6 is 0 Å². The standard InChI is InChI=1S/C24H18N2O2/c1-16(27)19-6-4-18-5-7-20(14-22(18)13-19)17-8-10-23(11-9-17)26-24(28)21-3-2-12-25-15-21/h4,6,8-15H,5,7H2,1H3,(H,26,28). The number of rotatable bonds is 4. The third-order valence-electron chi connectivity index (χ3n) is 4.85. The van der Waals surface area contributed by atoms with E-state index in [0.717, 1.165) is 29.5 Å². The van der Waals surface area contributed by atoms with E-state index in [2.05, 4.69) is 28.5 Å². The van der Waals surface area contributed by atoms with Crippen LogP contribution in [0.15, 0.2) is 54.9 Å². The van der Waals surface area contributed by atoms with Crippen LogP contribution in [0.3, 0.4) is 0 Å². The molecule has 28 heavy (non-hydrogen) atoms. The molecule has 136 valence electrons. The lowest BCUT2D eigenvalue weighted by Crippen LogP contribution is -2.11. The van der Waals surface area contributed by atoms with Gasteiger partial charge in [-0.3, -0.25) is 14.6 Å². The summed E-state index contributed by atoms with van der Waals surface area (Å²) in [4.78, 5) is 27.7. The number of carbonyl (C=O) groups is 2. The fraction of sp³-hybridized carbons (Fsp3) is 0.125. The van der Waals surface area contributed by atoms with Crippen molar-refractivity contribution in [2.24, 2.45) is 0 Å². The first-order chi connectivity index (χ1) is 13.6. The van der Waals surface area contributed by atoms with E-state index in [4.69, 9.17) is 0 Å². The molecule has 4 rings (SSSR count). The van der Waals surface area contributed by atoms with Crippen LogP contribution < -0.4 is 5.32 Å². The highest BCUT2D eigenvalue weighted by molar-refractivity contribution is 6.03. The predicted octanol–water partition coefficient (Wildman–Crippen LogP) is 4.62. The van der Waals surface area contributed by atoms with Crippen LogP contribution in [0.1, 0.15) is 50.8 Å². The Morgan fingerprint density at radius 1 is 1.07 bits per heavy atom. The van der Waals surface area contributed by atoms with Gasteiger partial charge in [-0.25, -0.2) is 0 Å². The Morgan fingerprint density at radius 3 is 2.61 bits per heavy atom. The van der Waals surface area contributed by atoms with Gasteiger partial charge >= 0.3 is 0 Å². The van der Waals surface area contributed by atoms with Crippen molar-refractivity contribution in [3.63, 3.8) is 0 Å². The molecular weight excluding hydrogens is 348 g/mol. The molecule has 1 N–H and O–H groups in total. The van der Waals surface area contributed by atoms with Gasteiger partial charge in [0.2, 0.25) is 0 Å². The number of carbonyl (C=O) groups excluding carboxylic acids is 2. The summed E-state index contributed by atoms with van der Waals surface area (Å²) in [5.41, 5.74) is 6.50. The van der Waals surface area contributed by atoms with Crippen molar-refractivity contribution in [3.8, 4) is 0 Å². The van der Waals surface area contributed by atoms with E-state index in [0.29, 0.717) is 11.3 Å². The molecule has 3 aromatic rings.